The Kier molecular flexibility index (Phi) is 63.5. The highest BCUT2D eigenvalue weighted by molar-refractivity contribution is 5.71. The van der Waals surface area contributed by atoms with Gasteiger partial charge in [0.25, 0.3) is 0 Å². The first-order valence-corrected chi connectivity index (χ1v) is 32.6. The van der Waals surface area contributed by atoms with Crippen molar-refractivity contribution < 1.29 is 28.6 Å². The summed E-state index contributed by atoms with van der Waals surface area (Å²) in [7, 11) is 0. The van der Waals surface area contributed by atoms with Gasteiger partial charge in [-0.25, -0.2) is 0 Å². The number of esters is 3. The van der Waals surface area contributed by atoms with Crippen LogP contribution >= 0.6 is 0 Å². The van der Waals surface area contributed by atoms with Crippen LogP contribution in [0.15, 0.2) is 207 Å². The predicted octanol–water partition coefficient (Wildman–Crippen LogP) is 22.8. The molecular formula is C77H116O6. The summed E-state index contributed by atoms with van der Waals surface area (Å²) in [5.41, 5.74) is 0. The van der Waals surface area contributed by atoms with Gasteiger partial charge in [0.05, 0.1) is 0 Å². The minimum absolute atomic E-state index is 0.125. The summed E-state index contributed by atoms with van der Waals surface area (Å²) in [6, 6.07) is 0. The maximum Gasteiger partial charge on any atom is 0.306 e. The minimum atomic E-state index is -0.832. The van der Waals surface area contributed by atoms with Gasteiger partial charge >= 0.3 is 17.9 Å². The number of ether oxygens (including phenoxy) is 3. The number of hydrogen-bond acceptors (Lipinski definition) is 6. The zero-order valence-electron chi connectivity index (χ0n) is 52.6. The van der Waals surface area contributed by atoms with Gasteiger partial charge in [-0.05, 0) is 167 Å². The van der Waals surface area contributed by atoms with Crippen LogP contribution in [0, 0.1) is 0 Å². The van der Waals surface area contributed by atoms with Crippen molar-refractivity contribution in [1.82, 2.24) is 0 Å². The van der Waals surface area contributed by atoms with Crippen molar-refractivity contribution in [3.63, 3.8) is 0 Å². The predicted molar refractivity (Wildman–Crippen MR) is 361 cm³/mol. The number of unbranched alkanes of at least 4 members (excludes halogenated alkanes) is 11. The Morgan fingerprint density at radius 3 is 0.711 bits per heavy atom. The largest absolute Gasteiger partial charge is 0.462 e. The van der Waals surface area contributed by atoms with Gasteiger partial charge in [-0.15, -0.1) is 0 Å². The fraction of sp³-hybridized carbons (Fsp3) is 0.519. The van der Waals surface area contributed by atoms with Crippen LogP contribution < -0.4 is 0 Å². The van der Waals surface area contributed by atoms with E-state index in [1.54, 1.807) is 0 Å². The molecule has 0 N–H and O–H groups in total. The molecule has 0 spiro atoms. The molecule has 0 radical (unpaired) electrons. The Balaban J connectivity index is 4.52. The third-order valence-electron chi connectivity index (χ3n) is 12.8. The van der Waals surface area contributed by atoms with E-state index in [1.165, 1.54) is 12.8 Å². The van der Waals surface area contributed by atoms with Crippen LogP contribution in [0.1, 0.15) is 239 Å². The third kappa shape index (κ3) is 66.7. The lowest BCUT2D eigenvalue weighted by Crippen LogP contribution is -2.30. The Labute approximate surface area is 509 Å². The molecule has 0 aliphatic rings. The van der Waals surface area contributed by atoms with Crippen LogP contribution in [0.4, 0.5) is 0 Å². The lowest BCUT2D eigenvalue weighted by molar-refractivity contribution is -0.167. The normalized spacial score (nSPS) is 13.5. The first kappa shape index (κ1) is 77.0. The fourth-order valence-corrected chi connectivity index (χ4v) is 8.00. The Bertz CT molecular complexity index is 2030. The second kappa shape index (κ2) is 68.5. The zero-order valence-corrected chi connectivity index (χ0v) is 52.6. The van der Waals surface area contributed by atoms with Gasteiger partial charge in [0.15, 0.2) is 6.10 Å². The molecule has 0 aromatic rings. The van der Waals surface area contributed by atoms with Crippen LogP contribution in [0.5, 0.6) is 0 Å². The van der Waals surface area contributed by atoms with Gasteiger partial charge in [-0.2, -0.15) is 0 Å². The Hall–Kier alpha value is -6.01. The topological polar surface area (TPSA) is 78.9 Å². The lowest BCUT2D eigenvalue weighted by Gasteiger charge is -2.18. The summed E-state index contributed by atoms with van der Waals surface area (Å²) in [6.07, 6.45) is 105. The van der Waals surface area contributed by atoms with Crippen molar-refractivity contribution in [2.75, 3.05) is 13.2 Å². The van der Waals surface area contributed by atoms with Gasteiger partial charge in [0.1, 0.15) is 13.2 Å². The molecule has 83 heavy (non-hydrogen) atoms. The van der Waals surface area contributed by atoms with E-state index in [0.29, 0.717) is 12.8 Å². The molecule has 0 aromatic carbocycles. The third-order valence-corrected chi connectivity index (χ3v) is 12.8. The summed E-state index contributed by atoms with van der Waals surface area (Å²) >= 11 is 0. The molecule has 0 aliphatic carbocycles. The lowest BCUT2D eigenvalue weighted by atomic mass is 10.1. The molecular weight excluding hydrogens is 1020 g/mol. The van der Waals surface area contributed by atoms with E-state index in [1.807, 2.05) is 0 Å². The van der Waals surface area contributed by atoms with Crippen molar-refractivity contribution >= 4 is 17.9 Å². The van der Waals surface area contributed by atoms with Crippen molar-refractivity contribution in [3.8, 4) is 0 Å². The van der Waals surface area contributed by atoms with E-state index < -0.39 is 6.10 Å². The molecule has 6 heteroatoms. The smallest absolute Gasteiger partial charge is 0.306 e. The monoisotopic (exact) mass is 1140 g/mol. The Morgan fingerprint density at radius 2 is 0.434 bits per heavy atom. The Morgan fingerprint density at radius 1 is 0.241 bits per heavy atom. The van der Waals surface area contributed by atoms with Crippen LogP contribution in [0.2, 0.25) is 0 Å². The molecule has 0 fully saturated rings. The zero-order chi connectivity index (χ0) is 59.9. The van der Waals surface area contributed by atoms with Crippen molar-refractivity contribution in [1.29, 1.82) is 0 Å². The molecule has 0 aliphatic heterocycles. The second-order valence-corrected chi connectivity index (χ2v) is 20.5. The van der Waals surface area contributed by atoms with Crippen molar-refractivity contribution in [2.45, 2.75) is 245 Å². The van der Waals surface area contributed by atoms with Crippen LogP contribution in [-0.4, -0.2) is 37.2 Å². The maximum atomic E-state index is 12.9. The SMILES string of the molecule is CC/C=C\C/C=C\C/C=C\C/C=C\C/C=C\C/C=C\C/C=C\C/C=C\CCCCC(=O)OCC(COC(=O)CCCCC/C=C\C/C=C\C/C=C\CC)OC(=O)CCCCCCCC/C=C\C/C=C\C/C=C\C/C=C\C/C=C\C/C=C\CC. The highest BCUT2D eigenvalue weighted by atomic mass is 16.6. The first-order chi connectivity index (χ1) is 41.0. The summed E-state index contributed by atoms with van der Waals surface area (Å²) in [5, 5.41) is 0. The molecule has 0 aromatic heterocycles. The summed E-state index contributed by atoms with van der Waals surface area (Å²) < 4.78 is 16.8. The van der Waals surface area contributed by atoms with Gasteiger partial charge in [-0.1, -0.05) is 259 Å². The molecule has 0 amide bonds. The van der Waals surface area contributed by atoms with E-state index in [0.717, 1.165) is 180 Å². The standard InChI is InChI=1S/C77H116O6/c1-4-7-10-13-16-19-22-25-27-29-31-33-35-37-38-40-41-43-45-47-49-52-55-58-61-64-67-70-76(79)82-73-74(72-81-75(78)69-66-63-60-57-54-51-24-21-18-15-12-9-6-3)83-77(80)71-68-65-62-59-56-53-50-48-46-44-42-39-36-34-32-30-28-26-23-20-17-14-11-8-5-2/h7-12,16-21,25-28,31-34,37-39,41-43,46-49,51,54-55,58,74H,4-6,13-15,22-24,29-30,35-36,40,44-45,50,52-53,56-57,59-73H2,1-3H3/b10-7-,11-8-,12-9-,19-16-,20-17-,21-18-,27-25-,28-26-,33-31-,34-32-,38-37-,42-39-,43-41-,48-46-,49-47-,54-51-,58-55-. The molecule has 0 rings (SSSR count). The average molecular weight is 1140 g/mol. The quantitative estimate of drug-likeness (QED) is 0.0261. The first-order valence-electron chi connectivity index (χ1n) is 32.6. The maximum absolute atomic E-state index is 12.9. The summed E-state index contributed by atoms with van der Waals surface area (Å²) in [5.74, 6) is -1.02. The van der Waals surface area contributed by atoms with Gasteiger partial charge in [0, 0.05) is 19.3 Å². The van der Waals surface area contributed by atoms with E-state index in [4.69, 9.17) is 14.2 Å². The molecule has 6 nitrogen and oxygen atoms in total. The van der Waals surface area contributed by atoms with Gasteiger partial charge in [0.2, 0.25) is 0 Å². The van der Waals surface area contributed by atoms with E-state index in [2.05, 4.69) is 227 Å². The number of carbonyl (C=O) groups excluding carboxylic acids is 3. The van der Waals surface area contributed by atoms with Gasteiger partial charge in [-0.3, -0.25) is 14.4 Å². The van der Waals surface area contributed by atoms with Crippen molar-refractivity contribution in [3.05, 3.63) is 207 Å². The van der Waals surface area contributed by atoms with Crippen LogP contribution in [0.3, 0.4) is 0 Å². The van der Waals surface area contributed by atoms with Gasteiger partial charge < -0.3 is 14.2 Å². The summed E-state index contributed by atoms with van der Waals surface area (Å²) in [6.45, 7) is 6.20. The molecule has 0 bridgehead atoms. The number of carbonyl (C=O) groups is 3. The molecule has 0 heterocycles. The second-order valence-electron chi connectivity index (χ2n) is 20.5. The van der Waals surface area contributed by atoms with Crippen molar-refractivity contribution in [2.24, 2.45) is 0 Å². The molecule has 1 atom stereocenters. The molecule has 460 valence electrons. The van der Waals surface area contributed by atoms with E-state index >= 15 is 0 Å². The summed E-state index contributed by atoms with van der Waals surface area (Å²) in [4.78, 5) is 38.3. The highest BCUT2D eigenvalue weighted by Crippen LogP contribution is 2.13. The average Bonchev–Trinajstić information content (AvgIpc) is 3.49. The minimum Gasteiger partial charge on any atom is -0.462 e. The van der Waals surface area contributed by atoms with E-state index in [-0.39, 0.29) is 44.0 Å². The van der Waals surface area contributed by atoms with E-state index in [9.17, 15) is 14.4 Å². The molecule has 1 unspecified atom stereocenters. The highest BCUT2D eigenvalue weighted by Gasteiger charge is 2.19. The van der Waals surface area contributed by atoms with Crippen LogP contribution in [0.25, 0.3) is 0 Å². The number of hydrogen-bond donors (Lipinski definition) is 0. The fourth-order valence-electron chi connectivity index (χ4n) is 8.00. The van der Waals surface area contributed by atoms with Crippen LogP contribution in [-0.2, 0) is 28.6 Å². The molecule has 0 saturated carbocycles. The number of rotatable bonds is 56. The number of allylic oxidation sites excluding steroid dienone is 34. The molecule has 0 saturated heterocycles.